The minimum atomic E-state index is -0.643. The Hall–Kier alpha value is -2.15. The number of amides is 1. The summed E-state index contributed by atoms with van der Waals surface area (Å²) >= 11 is 5.26. The molecule has 0 aliphatic carbocycles. The molecule has 1 aliphatic heterocycles. The lowest BCUT2D eigenvalue weighted by atomic mass is 10.0. The maximum atomic E-state index is 12.3. The summed E-state index contributed by atoms with van der Waals surface area (Å²) in [7, 11) is 0. The van der Waals surface area contributed by atoms with E-state index in [9.17, 15) is 4.79 Å². The number of fused-ring (bicyclic) bond motifs is 1. The minimum absolute atomic E-state index is 0.194. The molecule has 136 valence electrons. The van der Waals surface area contributed by atoms with E-state index in [0.29, 0.717) is 25.5 Å². The molecule has 0 saturated heterocycles. The van der Waals surface area contributed by atoms with Crippen molar-refractivity contribution in [3.05, 3.63) is 48.0 Å². The van der Waals surface area contributed by atoms with Crippen molar-refractivity contribution in [2.24, 2.45) is 4.99 Å². The van der Waals surface area contributed by atoms with Crippen LogP contribution in [0.1, 0.15) is 19.4 Å². The number of aliphatic imine (C=N–C) groups is 1. The molecule has 0 aromatic heterocycles. The standard InChI is InChI=1S/C20H22N2O3S/c1-3-24-20(25-4-2)17-18(26)19(23)22-16(21-17)12-13-9-10-14-7-5-6-8-15(14)11-13/h5-11,17,20H,3-4,12H2,1-2H3,(H,21,22,23). The molecule has 1 amide bonds. The number of hydrogen-bond donors (Lipinski definition) is 1. The molecule has 0 radical (unpaired) electrons. The van der Waals surface area contributed by atoms with Crippen molar-refractivity contribution in [2.45, 2.75) is 32.6 Å². The van der Waals surface area contributed by atoms with E-state index in [-0.39, 0.29) is 10.8 Å². The Bertz CT molecular complexity index is 844. The lowest BCUT2D eigenvalue weighted by Crippen LogP contribution is -2.51. The van der Waals surface area contributed by atoms with Gasteiger partial charge in [0.15, 0.2) is 6.29 Å². The summed E-state index contributed by atoms with van der Waals surface area (Å²) in [6, 6.07) is 13.8. The summed E-state index contributed by atoms with van der Waals surface area (Å²) in [5, 5.41) is 5.12. The van der Waals surface area contributed by atoms with Gasteiger partial charge in [0, 0.05) is 19.6 Å². The molecule has 5 nitrogen and oxygen atoms in total. The van der Waals surface area contributed by atoms with Gasteiger partial charge in [0.05, 0.1) is 0 Å². The first-order chi connectivity index (χ1) is 12.6. The number of amidine groups is 1. The first kappa shape index (κ1) is 18.6. The van der Waals surface area contributed by atoms with Gasteiger partial charge in [-0.05, 0) is 30.2 Å². The first-order valence-electron chi connectivity index (χ1n) is 8.75. The topological polar surface area (TPSA) is 59.9 Å². The Morgan fingerprint density at radius 1 is 1.12 bits per heavy atom. The summed E-state index contributed by atoms with van der Waals surface area (Å²) in [5.74, 6) is 0.272. The summed E-state index contributed by atoms with van der Waals surface area (Å²) in [5.41, 5.74) is 1.07. The smallest absolute Gasteiger partial charge is 0.265 e. The second-order valence-electron chi connectivity index (χ2n) is 5.98. The molecule has 1 heterocycles. The maximum absolute atomic E-state index is 12.3. The van der Waals surface area contributed by atoms with E-state index >= 15 is 0 Å². The van der Waals surface area contributed by atoms with Crippen LogP contribution >= 0.6 is 12.2 Å². The van der Waals surface area contributed by atoms with Crippen LogP contribution in [-0.4, -0.2) is 42.2 Å². The van der Waals surface area contributed by atoms with Crippen LogP contribution in [0.3, 0.4) is 0 Å². The second-order valence-corrected chi connectivity index (χ2v) is 6.42. The fourth-order valence-electron chi connectivity index (χ4n) is 2.96. The number of rotatable bonds is 7. The molecular formula is C20H22N2O3S. The number of benzene rings is 2. The predicted octanol–water partition coefficient (Wildman–Crippen LogP) is 3.05. The summed E-state index contributed by atoms with van der Waals surface area (Å²) in [6.07, 6.45) is -0.129. The van der Waals surface area contributed by atoms with Crippen molar-refractivity contribution in [2.75, 3.05) is 13.2 Å². The molecule has 26 heavy (non-hydrogen) atoms. The number of nitrogens with zero attached hydrogens (tertiary/aromatic N) is 1. The van der Waals surface area contributed by atoms with Crippen LogP contribution in [-0.2, 0) is 20.7 Å². The van der Waals surface area contributed by atoms with Crippen LogP contribution in [0.5, 0.6) is 0 Å². The number of carbonyl (C=O) groups is 1. The normalized spacial score (nSPS) is 17.5. The van der Waals surface area contributed by atoms with E-state index in [1.54, 1.807) is 0 Å². The average molecular weight is 370 g/mol. The van der Waals surface area contributed by atoms with Gasteiger partial charge in [0.1, 0.15) is 16.7 Å². The molecule has 6 heteroatoms. The molecule has 1 N–H and O–H groups in total. The molecule has 1 unspecified atom stereocenters. The number of carbonyl (C=O) groups excluding carboxylic acids is 1. The quantitative estimate of drug-likeness (QED) is 0.601. The molecule has 0 saturated carbocycles. The van der Waals surface area contributed by atoms with Crippen molar-refractivity contribution in [1.82, 2.24) is 5.32 Å². The Balaban J connectivity index is 1.85. The Labute approximate surface area is 158 Å². The Morgan fingerprint density at radius 2 is 1.81 bits per heavy atom. The molecule has 1 atom stereocenters. The molecule has 2 aromatic rings. The van der Waals surface area contributed by atoms with Gasteiger partial charge in [-0.15, -0.1) is 0 Å². The highest BCUT2D eigenvalue weighted by Crippen LogP contribution is 2.18. The van der Waals surface area contributed by atoms with Crippen molar-refractivity contribution >= 4 is 39.6 Å². The zero-order valence-corrected chi connectivity index (χ0v) is 15.7. The van der Waals surface area contributed by atoms with E-state index in [2.05, 4.69) is 34.6 Å². The number of thiocarbonyl (C=S) groups is 1. The zero-order valence-electron chi connectivity index (χ0n) is 14.9. The van der Waals surface area contributed by atoms with Crippen LogP contribution in [0.15, 0.2) is 47.5 Å². The van der Waals surface area contributed by atoms with E-state index in [0.717, 1.165) is 10.9 Å². The number of ether oxygens (including phenoxy) is 2. The second kappa shape index (κ2) is 8.49. The van der Waals surface area contributed by atoms with Crippen LogP contribution in [0, 0.1) is 0 Å². The molecule has 0 fully saturated rings. The van der Waals surface area contributed by atoms with Gasteiger partial charge in [-0.1, -0.05) is 54.7 Å². The fraction of sp³-hybridized carbons (Fsp3) is 0.350. The molecule has 3 rings (SSSR count). The van der Waals surface area contributed by atoms with Crippen LogP contribution in [0.4, 0.5) is 0 Å². The van der Waals surface area contributed by atoms with Gasteiger partial charge >= 0.3 is 0 Å². The van der Waals surface area contributed by atoms with Crippen molar-refractivity contribution < 1.29 is 14.3 Å². The molecular weight excluding hydrogens is 348 g/mol. The number of nitrogens with one attached hydrogen (secondary N) is 1. The van der Waals surface area contributed by atoms with Gasteiger partial charge in [-0.2, -0.15) is 0 Å². The van der Waals surface area contributed by atoms with Gasteiger partial charge in [-0.3, -0.25) is 9.79 Å². The van der Waals surface area contributed by atoms with Gasteiger partial charge in [0.2, 0.25) is 0 Å². The molecule has 0 spiro atoms. The largest absolute Gasteiger partial charge is 0.350 e. The average Bonchev–Trinajstić information content (AvgIpc) is 2.64. The van der Waals surface area contributed by atoms with Crippen molar-refractivity contribution in [3.8, 4) is 0 Å². The minimum Gasteiger partial charge on any atom is -0.350 e. The highest BCUT2D eigenvalue weighted by Gasteiger charge is 2.34. The lowest BCUT2D eigenvalue weighted by molar-refractivity contribution is -0.139. The van der Waals surface area contributed by atoms with E-state index < -0.39 is 12.3 Å². The van der Waals surface area contributed by atoms with Crippen LogP contribution < -0.4 is 5.32 Å². The first-order valence-corrected chi connectivity index (χ1v) is 9.16. The highest BCUT2D eigenvalue weighted by atomic mass is 32.1. The predicted molar refractivity (Wildman–Crippen MR) is 107 cm³/mol. The fourth-order valence-corrected chi connectivity index (χ4v) is 3.18. The lowest BCUT2D eigenvalue weighted by Gasteiger charge is -2.28. The third-order valence-corrected chi connectivity index (χ3v) is 4.58. The summed E-state index contributed by atoms with van der Waals surface area (Å²) in [6.45, 7) is 4.66. The van der Waals surface area contributed by atoms with Gasteiger partial charge in [0.25, 0.3) is 5.91 Å². The van der Waals surface area contributed by atoms with Crippen LogP contribution in [0.2, 0.25) is 0 Å². The maximum Gasteiger partial charge on any atom is 0.265 e. The van der Waals surface area contributed by atoms with Crippen LogP contribution in [0.25, 0.3) is 10.8 Å². The third kappa shape index (κ3) is 4.15. The zero-order chi connectivity index (χ0) is 18.5. The van der Waals surface area contributed by atoms with E-state index in [4.69, 9.17) is 21.7 Å². The van der Waals surface area contributed by atoms with E-state index in [1.165, 1.54) is 5.39 Å². The van der Waals surface area contributed by atoms with Crippen molar-refractivity contribution in [1.29, 1.82) is 0 Å². The number of hydrogen-bond acceptors (Lipinski definition) is 5. The summed E-state index contributed by atoms with van der Waals surface area (Å²) < 4.78 is 11.2. The van der Waals surface area contributed by atoms with Gasteiger partial charge in [-0.25, -0.2) is 0 Å². The Morgan fingerprint density at radius 3 is 2.50 bits per heavy atom. The van der Waals surface area contributed by atoms with Gasteiger partial charge < -0.3 is 14.8 Å². The summed E-state index contributed by atoms with van der Waals surface area (Å²) in [4.78, 5) is 17.1. The Kier molecular flexibility index (Phi) is 6.08. The van der Waals surface area contributed by atoms with E-state index in [1.807, 2.05) is 32.0 Å². The SMILES string of the molecule is CCOC(OCC)C1N=C(Cc2ccc3ccccc3c2)NC(=O)C1=S. The molecule has 1 aliphatic rings. The monoisotopic (exact) mass is 370 g/mol. The molecule has 2 aromatic carbocycles. The third-order valence-electron chi connectivity index (χ3n) is 4.15. The highest BCUT2D eigenvalue weighted by molar-refractivity contribution is 7.82. The van der Waals surface area contributed by atoms with Crippen molar-refractivity contribution in [3.63, 3.8) is 0 Å². The molecule has 0 bridgehead atoms.